The van der Waals surface area contributed by atoms with Crippen molar-refractivity contribution in [1.29, 1.82) is 0 Å². The van der Waals surface area contributed by atoms with E-state index in [0.29, 0.717) is 37.0 Å². The summed E-state index contributed by atoms with van der Waals surface area (Å²) in [7, 11) is 0. The second-order valence-electron chi connectivity index (χ2n) is 7.16. The van der Waals surface area contributed by atoms with Crippen LogP contribution in [0.2, 0.25) is 0 Å². The molecule has 1 heterocycles. The number of aromatic nitrogens is 1. The van der Waals surface area contributed by atoms with Crippen molar-refractivity contribution >= 4 is 17.4 Å². The van der Waals surface area contributed by atoms with Gasteiger partial charge in [0.25, 0.3) is 0 Å². The summed E-state index contributed by atoms with van der Waals surface area (Å²) in [6, 6.07) is 6.98. The Labute approximate surface area is 169 Å². The summed E-state index contributed by atoms with van der Waals surface area (Å²) < 4.78 is 5.73. The van der Waals surface area contributed by atoms with Crippen LogP contribution in [0.4, 0.5) is 4.79 Å². The van der Waals surface area contributed by atoms with E-state index in [2.05, 4.69) is 24.1 Å². The lowest BCUT2D eigenvalue weighted by molar-refractivity contribution is -0.0976. The van der Waals surface area contributed by atoms with Gasteiger partial charge in [0.15, 0.2) is 0 Å². The smallest absolute Gasteiger partial charge is 0.431 e. The monoisotopic (exact) mass is 407 g/mol. The highest BCUT2D eigenvalue weighted by atomic mass is 32.1. The van der Waals surface area contributed by atoms with Gasteiger partial charge in [-0.25, -0.2) is 9.78 Å². The molecule has 0 aliphatic heterocycles. The van der Waals surface area contributed by atoms with Gasteiger partial charge in [-0.15, -0.1) is 11.3 Å². The highest BCUT2D eigenvalue weighted by Crippen LogP contribution is 2.18. The number of carbonyl (C=O) groups is 1. The minimum atomic E-state index is -1.34. The van der Waals surface area contributed by atoms with Gasteiger partial charge in [-0.1, -0.05) is 26.0 Å². The third-order valence-electron chi connectivity index (χ3n) is 4.20. The standard InChI is InChI=1S/C20H29N3O4S/c1-14(2)11-21-9-8-18(23(26)20(24)25)10-16-4-6-19(7-5-16)27-12-17-13-28-15(3)22-17/h4-7,13-14,18,21,26H,8-12H2,1-3H3,(H,24,25). The summed E-state index contributed by atoms with van der Waals surface area (Å²) in [4.78, 5) is 15.5. The van der Waals surface area contributed by atoms with E-state index in [1.807, 2.05) is 36.6 Å². The van der Waals surface area contributed by atoms with Gasteiger partial charge < -0.3 is 15.2 Å². The molecule has 8 heteroatoms. The molecular weight excluding hydrogens is 378 g/mol. The molecule has 7 nitrogen and oxygen atoms in total. The molecule has 0 radical (unpaired) electrons. The van der Waals surface area contributed by atoms with Gasteiger partial charge in [-0.3, -0.25) is 5.21 Å². The quantitative estimate of drug-likeness (QED) is 0.297. The van der Waals surface area contributed by atoms with E-state index in [-0.39, 0.29) is 0 Å². The van der Waals surface area contributed by atoms with Gasteiger partial charge in [-0.2, -0.15) is 5.06 Å². The number of thiazole rings is 1. The first-order chi connectivity index (χ1) is 13.3. The van der Waals surface area contributed by atoms with Crippen LogP contribution in [0.25, 0.3) is 0 Å². The highest BCUT2D eigenvalue weighted by Gasteiger charge is 2.21. The van der Waals surface area contributed by atoms with Crippen LogP contribution in [-0.2, 0) is 13.0 Å². The van der Waals surface area contributed by atoms with Gasteiger partial charge in [0.05, 0.1) is 16.7 Å². The molecule has 0 aliphatic carbocycles. The zero-order chi connectivity index (χ0) is 20.5. The Morgan fingerprint density at radius 1 is 1.32 bits per heavy atom. The number of ether oxygens (including phenoxy) is 1. The number of carboxylic acid groups (broad SMARTS) is 1. The van der Waals surface area contributed by atoms with Crippen molar-refractivity contribution in [2.24, 2.45) is 5.92 Å². The minimum absolute atomic E-state index is 0.409. The lowest BCUT2D eigenvalue weighted by Gasteiger charge is -2.24. The zero-order valence-corrected chi connectivity index (χ0v) is 17.4. The number of rotatable bonds is 11. The maximum Gasteiger partial charge on any atom is 0.431 e. The van der Waals surface area contributed by atoms with Gasteiger partial charge in [0.1, 0.15) is 12.4 Å². The van der Waals surface area contributed by atoms with Crippen LogP contribution in [0.1, 0.15) is 36.5 Å². The molecule has 28 heavy (non-hydrogen) atoms. The van der Waals surface area contributed by atoms with Crippen LogP contribution < -0.4 is 10.1 Å². The average Bonchev–Trinajstić information content (AvgIpc) is 3.08. The summed E-state index contributed by atoms with van der Waals surface area (Å²) >= 11 is 1.59. The first kappa shape index (κ1) is 22.1. The zero-order valence-electron chi connectivity index (χ0n) is 16.6. The molecule has 1 amide bonds. The maximum atomic E-state index is 11.2. The molecule has 0 saturated heterocycles. The fourth-order valence-corrected chi connectivity index (χ4v) is 3.35. The summed E-state index contributed by atoms with van der Waals surface area (Å²) in [5.74, 6) is 1.24. The van der Waals surface area contributed by atoms with Crippen LogP contribution in [0.5, 0.6) is 5.75 Å². The first-order valence-corrected chi connectivity index (χ1v) is 10.3. The van der Waals surface area contributed by atoms with E-state index in [9.17, 15) is 10.0 Å². The Hall–Kier alpha value is -2.16. The largest absolute Gasteiger partial charge is 0.487 e. The molecule has 3 N–H and O–H groups in total. The third-order valence-corrected chi connectivity index (χ3v) is 5.02. The van der Waals surface area contributed by atoms with Crippen molar-refractivity contribution in [3.8, 4) is 5.75 Å². The molecule has 154 valence electrons. The summed E-state index contributed by atoms with van der Waals surface area (Å²) in [6.45, 7) is 8.09. The number of hydrogen-bond donors (Lipinski definition) is 3. The molecule has 2 rings (SSSR count). The van der Waals surface area contributed by atoms with E-state index in [4.69, 9.17) is 9.84 Å². The third kappa shape index (κ3) is 7.46. The van der Waals surface area contributed by atoms with E-state index < -0.39 is 12.1 Å². The van der Waals surface area contributed by atoms with Crippen molar-refractivity contribution in [1.82, 2.24) is 15.4 Å². The molecule has 0 saturated carbocycles. The first-order valence-electron chi connectivity index (χ1n) is 9.39. The van der Waals surface area contributed by atoms with Gasteiger partial charge >= 0.3 is 6.09 Å². The SMILES string of the molecule is Cc1nc(COc2ccc(CC(CCNCC(C)C)N(O)C(=O)O)cc2)cs1. The van der Waals surface area contributed by atoms with E-state index in [1.54, 1.807) is 11.3 Å². The molecule has 1 aromatic heterocycles. The van der Waals surface area contributed by atoms with Crippen LogP contribution in [0, 0.1) is 12.8 Å². The normalized spacial score (nSPS) is 12.2. The van der Waals surface area contributed by atoms with E-state index in [0.717, 1.165) is 28.6 Å². The molecular formula is C20H29N3O4S. The fourth-order valence-electron chi connectivity index (χ4n) is 2.75. The molecule has 0 fully saturated rings. The number of benzene rings is 1. The van der Waals surface area contributed by atoms with Crippen LogP contribution in [0.15, 0.2) is 29.6 Å². The summed E-state index contributed by atoms with van der Waals surface area (Å²) in [5.41, 5.74) is 1.84. The van der Waals surface area contributed by atoms with Crippen LogP contribution >= 0.6 is 11.3 Å². The Balaban J connectivity index is 1.90. The lowest BCUT2D eigenvalue weighted by atomic mass is 10.0. The molecule has 1 unspecified atom stereocenters. The molecule has 1 aromatic carbocycles. The van der Waals surface area contributed by atoms with Crippen molar-refractivity contribution in [2.75, 3.05) is 13.1 Å². The number of aryl methyl sites for hydroxylation is 1. The number of nitrogens with one attached hydrogen (secondary N) is 1. The highest BCUT2D eigenvalue weighted by molar-refractivity contribution is 7.09. The molecule has 2 aromatic rings. The van der Waals surface area contributed by atoms with Gasteiger partial charge in [-0.05, 0) is 56.5 Å². The van der Waals surface area contributed by atoms with E-state index in [1.165, 1.54) is 0 Å². The molecule has 1 atom stereocenters. The van der Waals surface area contributed by atoms with Crippen molar-refractivity contribution in [3.05, 3.63) is 45.9 Å². The average molecular weight is 408 g/mol. The Morgan fingerprint density at radius 2 is 2.04 bits per heavy atom. The second-order valence-corrected chi connectivity index (χ2v) is 8.22. The van der Waals surface area contributed by atoms with E-state index >= 15 is 0 Å². The number of nitrogens with zero attached hydrogens (tertiary/aromatic N) is 2. The fraction of sp³-hybridized carbons (Fsp3) is 0.500. The number of amides is 1. The predicted octanol–water partition coefficient (Wildman–Crippen LogP) is 3.95. The number of hydrogen-bond acceptors (Lipinski definition) is 6. The Morgan fingerprint density at radius 3 is 2.61 bits per heavy atom. The Kier molecular flexibility index (Phi) is 8.69. The lowest BCUT2D eigenvalue weighted by Crippen LogP contribution is -2.40. The van der Waals surface area contributed by atoms with Gasteiger partial charge in [0, 0.05) is 5.38 Å². The van der Waals surface area contributed by atoms with Crippen molar-refractivity contribution in [3.63, 3.8) is 0 Å². The van der Waals surface area contributed by atoms with Crippen LogP contribution in [-0.4, -0.2) is 45.6 Å². The topological polar surface area (TPSA) is 94.9 Å². The van der Waals surface area contributed by atoms with Gasteiger partial charge in [0.2, 0.25) is 0 Å². The molecule has 0 bridgehead atoms. The Bertz CT molecular complexity index is 733. The van der Waals surface area contributed by atoms with Crippen molar-refractivity contribution < 1.29 is 19.8 Å². The van der Waals surface area contributed by atoms with Crippen molar-refractivity contribution in [2.45, 2.75) is 46.3 Å². The summed E-state index contributed by atoms with van der Waals surface area (Å²) in [5, 5.41) is 25.7. The minimum Gasteiger partial charge on any atom is -0.487 e. The predicted molar refractivity (Wildman–Crippen MR) is 109 cm³/mol. The molecule has 0 aliphatic rings. The maximum absolute atomic E-state index is 11.2. The number of hydroxylamine groups is 2. The molecule has 0 spiro atoms. The second kappa shape index (κ2) is 11.0. The van der Waals surface area contributed by atoms with Crippen LogP contribution in [0.3, 0.4) is 0 Å². The summed E-state index contributed by atoms with van der Waals surface area (Å²) in [6.07, 6.45) is -0.387.